The van der Waals surface area contributed by atoms with E-state index < -0.39 is 0 Å². The lowest BCUT2D eigenvalue weighted by atomic mass is 10.2. The van der Waals surface area contributed by atoms with Crippen molar-refractivity contribution in [3.8, 4) is 11.6 Å². The van der Waals surface area contributed by atoms with Crippen LogP contribution in [-0.2, 0) is 6.42 Å². The number of anilines is 2. The van der Waals surface area contributed by atoms with Crippen molar-refractivity contribution < 1.29 is 4.74 Å². The van der Waals surface area contributed by atoms with Crippen LogP contribution >= 0.6 is 0 Å². The lowest BCUT2D eigenvalue weighted by molar-refractivity contribution is 0.462. The standard InChI is InChI=1S/C15H20N4O/c1-3-8-17-13-10-14(19-15(16)18-13)20-12-7-5-6-11(4-2)9-12/h5-7,9-10H,3-4,8H2,1-2H3,(H3,16,17,18,19). The fraction of sp³-hybridized carbons (Fsp3) is 0.333. The van der Waals surface area contributed by atoms with E-state index in [1.807, 2.05) is 18.2 Å². The minimum absolute atomic E-state index is 0.202. The molecule has 1 heterocycles. The number of hydrogen-bond donors (Lipinski definition) is 2. The summed E-state index contributed by atoms with van der Waals surface area (Å²) in [5, 5.41) is 3.17. The molecule has 0 aliphatic carbocycles. The van der Waals surface area contributed by atoms with E-state index in [2.05, 4.69) is 35.2 Å². The zero-order valence-electron chi connectivity index (χ0n) is 11.9. The molecule has 0 aliphatic rings. The Hall–Kier alpha value is -2.30. The van der Waals surface area contributed by atoms with Crippen molar-refractivity contribution in [2.24, 2.45) is 0 Å². The van der Waals surface area contributed by atoms with Gasteiger partial charge in [0.05, 0.1) is 0 Å². The first-order chi connectivity index (χ1) is 9.71. The SMILES string of the molecule is CCCNc1cc(Oc2cccc(CC)c2)nc(N)n1. The van der Waals surface area contributed by atoms with E-state index in [0.717, 1.165) is 25.1 Å². The van der Waals surface area contributed by atoms with E-state index in [9.17, 15) is 0 Å². The number of nitrogens with zero attached hydrogens (tertiary/aromatic N) is 2. The molecule has 0 saturated carbocycles. The average molecular weight is 272 g/mol. The predicted molar refractivity (Wildman–Crippen MR) is 81.1 cm³/mol. The van der Waals surface area contributed by atoms with E-state index >= 15 is 0 Å². The normalized spacial score (nSPS) is 10.3. The van der Waals surface area contributed by atoms with E-state index in [1.54, 1.807) is 6.07 Å². The summed E-state index contributed by atoms with van der Waals surface area (Å²) in [6.45, 7) is 5.03. The predicted octanol–water partition coefficient (Wildman–Crippen LogP) is 3.24. The Balaban J connectivity index is 2.17. The maximum Gasteiger partial charge on any atom is 0.226 e. The van der Waals surface area contributed by atoms with Crippen LogP contribution in [0.5, 0.6) is 11.6 Å². The largest absolute Gasteiger partial charge is 0.439 e. The summed E-state index contributed by atoms with van der Waals surface area (Å²) in [7, 11) is 0. The number of ether oxygens (including phenoxy) is 1. The third kappa shape index (κ3) is 3.85. The number of nitrogens with one attached hydrogen (secondary N) is 1. The van der Waals surface area contributed by atoms with Gasteiger partial charge in [0.2, 0.25) is 11.8 Å². The Labute approximate surface area is 119 Å². The van der Waals surface area contributed by atoms with Crippen LogP contribution in [0.4, 0.5) is 11.8 Å². The van der Waals surface area contributed by atoms with Crippen molar-refractivity contribution in [1.29, 1.82) is 0 Å². The maximum absolute atomic E-state index is 5.75. The van der Waals surface area contributed by atoms with Crippen LogP contribution in [0.3, 0.4) is 0 Å². The highest BCUT2D eigenvalue weighted by atomic mass is 16.5. The molecular weight excluding hydrogens is 252 g/mol. The summed E-state index contributed by atoms with van der Waals surface area (Å²) in [5.74, 6) is 2.09. The van der Waals surface area contributed by atoms with Gasteiger partial charge in [-0.2, -0.15) is 9.97 Å². The third-order valence-electron chi connectivity index (χ3n) is 2.81. The van der Waals surface area contributed by atoms with Crippen molar-refractivity contribution in [3.63, 3.8) is 0 Å². The smallest absolute Gasteiger partial charge is 0.226 e. The molecular formula is C15H20N4O. The maximum atomic E-state index is 5.75. The highest BCUT2D eigenvalue weighted by Gasteiger charge is 2.05. The molecule has 1 aromatic carbocycles. The molecule has 1 aromatic heterocycles. The molecule has 0 amide bonds. The van der Waals surface area contributed by atoms with Crippen molar-refractivity contribution in [2.45, 2.75) is 26.7 Å². The third-order valence-corrected chi connectivity index (χ3v) is 2.81. The Morgan fingerprint density at radius 2 is 2.05 bits per heavy atom. The minimum Gasteiger partial charge on any atom is -0.439 e. The van der Waals surface area contributed by atoms with Gasteiger partial charge in [0.15, 0.2) is 0 Å². The summed E-state index contributed by atoms with van der Waals surface area (Å²) < 4.78 is 5.75. The monoisotopic (exact) mass is 272 g/mol. The van der Waals surface area contributed by atoms with Gasteiger partial charge in [-0.1, -0.05) is 26.0 Å². The van der Waals surface area contributed by atoms with Crippen LogP contribution in [0, 0.1) is 0 Å². The van der Waals surface area contributed by atoms with Gasteiger partial charge in [-0.05, 0) is 30.5 Å². The Morgan fingerprint density at radius 3 is 2.80 bits per heavy atom. The van der Waals surface area contributed by atoms with Gasteiger partial charge < -0.3 is 15.8 Å². The summed E-state index contributed by atoms with van der Waals surface area (Å²) in [6, 6.07) is 9.68. The molecule has 0 atom stereocenters. The Kier molecular flexibility index (Phi) is 4.76. The fourth-order valence-corrected chi connectivity index (χ4v) is 1.79. The molecule has 2 rings (SSSR count). The molecule has 2 aromatic rings. The molecule has 0 spiro atoms. The fourth-order valence-electron chi connectivity index (χ4n) is 1.79. The van der Waals surface area contributed by atoms with E-state index in [-0.39, 0.29) is 5.95 Å². The van der Waals surface area contributed by atoms with E-state index in [0.29, 0.717) is 11.7 Å². The number of aryl methyl sites for hydroxylation is 1. The van der Waals surface area contributed by atoms with Crippen molar-refractivity contribution in [3.05, 3.63) is 35.9 Å². The molecule has 0 bridgehead atoms. The van der Waals surface area contributed by atoms with Gasteiger partial charge in [0.25, 0.3) is 0 Å². The van der Waals surface area contributed by atoms with Crippen LogP contribution in [-0.4, -0.2) is 16.5 Å². The number of nitrogen functional groups attached to an aromatic ring is 1. The highest BCUT2D eigenvalue weighted by Crippen LogP contribution is 2.23. The van der Waals surface area contributed by atoms with Gasteiger partial charge in [0, 0.05) is 12.6 Å². The molecule has 5 nitrogen and oxygen atoms in total. The second-order valence-corrected chi connectivity index (χ2v) is 4.48. The zero-order valence-corrected chi connectivity index (χ0v) is 11.9. The summed E-state index contributed by atoms with van der Waals surface area (Å²) >= 11 is 0. The molecule has 0 fully saturated rings. The van der Waals surface area contributed by atoms with Crippen LogP contribution in [0.2, 0.25) is 0 Å². The van der Waals surface area contributed by atoms with Crippen LogP contribution < -0.4 is 15.8 Å². The van der Waals surface area contributed by atoms with Crippen LogP contribution in [0.15, 0.2) is 30.3 Å². The van der Waals surface area contributed by atoms with Gasteiger partial charge >= 0.3 is 0 Å². The average Bonchev–Trinajstić information content (AvgIpc) is 2.44. The zero-order chi connectivity index (χ0) is 14.4. The summed E-state index contributed by atoms with van der Waals surface area (Å²) in [5.41, 5.74) is 6.92. The topological polar surface area (TPSA) is 73.1 Å². The van der Waals surface area contributed by atoms with Crippen LogP contribution in [0.25, 0.3) is 0 Å². The molecule has 106 valence electrons. The lowest BCUT2D eigenvalue weighted by Gasteiger charge is -2.09. The summed E-state index contributed by atoms with van der Waals surface area (Å²) in [6.07, 6.45) is 1.98. The van der Waals surface area contributed by atoms with Gasteiger partial charge in [-0.15, -0.1) is 0 Å². The van der Waals surface area contributed by atoms with Crippen molar-refractivity contribution in [1.82, 2.24) is 9.97 Å². The molecule has 3 N–H and O–H groups in total. The van der Waals surface area contributed by atoms with Gasteiger partial charge in [-0.25, -0.2) is 0 Å². The van der Waals surface area contributed by atoms with Gasteiger partial charge in [-0.3, -0.25) is 0 Å². The number of hydrogen-bond acceptors (Lipinski definition) is 5. The Bertz CT molecular complexity index is 572. The highest BCUT2D eigenvalue weighted by molar-refractivity contribution is 5.44. The lowest BCUT2D eigenvalue weighted by Crippen LogP contribution is -2.05. The quantitative estimate of drug-likeness (QED) is 0.844. The molecule has 5 heteroatoms. The molecule has 0 radical (unpaired) electrons. The number of aromatic nitrogens is 2. The van der Waals surface area contributed by atoms with Crippen molar-refractivity contribution >= 4 is 11.8 Å². The number of nitrogens with two attached hydrogens (primary N) is 1. The second-order valence-electron chi connectivity index (χ2n) is 4.48. The van der Waals surface area contributed by atoms with Crippen LogP contribution in [0.1, 0.15) is 25.8 Å². The Morgan fingerprint density at radius 1 is 1.20 bits per heavy atom. The first kappa shape index (κ1) is 14.1. The molecule has 20 heavy (non-hydrogen) atoms. The van der Waals surface area contributed by atoms with E-state index in [1.165, 1.54) is 5.56 Å². The molecule has 0 saturated heterocycles. The number of benzene rings is 1. The van der Waals surface area contributed by atoms with E-state index in [4.69, 9.17) is 10.5 Å². The molecule has 0 aliphatic heterocycles. The first-order valence-electron chi connectivity index (χ1n) is 6.86. The van der Waals surface area contributed by atoms with Gasteiger partial charge in [0.1, 0.15) is 11.6 Å². The first-order valence-corrected chi connectivity index (χ1v) is 6.86. The second kappa shape index (κ2) is 6.75. The number of rotatable bonds is 6. The molecule has 0 unspecified atom stereocenters. The van der Waals surface area contributed by atoms with Crippen molar-refractivity contribution in [2.75, 3.05) is 17.6 Å². The minimum atomic E-state index is 0.202. The summed E-state index contributed by atoms with van der Waals surface area (Å²) in [4.78, 5) is 8.22.